The molecule has 2 aromatic carbocycles. The van der Waals surface area contributed by atoms with E-state index in [4.69, 9.17) is 9.47 Å². The van der Waals surface area contributed by atoms with Gasteiger partial charge in [0.15, 0.2) is 11.5 Å². The smallest absolute Gasteiger partial charge is 0.270 e. The lowest BCUT2D eigenvalue weighted by molar-refractivity contribution is -0.384. The third-order valence-electron chi connectivity index (χ3n) is 3.44. The molecule has 2 N–H and O–H groups in total. The van der Waals surface area contributed by atoms with Gasteiger partial charge < -0.3 is 9.47 Å². The molecule has 1 aliphatic heterocycles. The standard InChI is InChI=1S/C17H13N3O6/c21-16(7-5-11-4-6-14-15(8-11)26-10-25-14)18-19-17(22)12-2-1-3-13(9-12)20(23)24/h1-9H,10H2,(H,18,21)(H,19,22)/b7-5+. The maximum Gasteiger partial charge on any atom is 0.270 e. The van der Waals surface area contributed by atoms with Gasteiger partial charge in [-0.2, -0.15) is 0 Å². The molecule has 0 saturated carbocycles. The zero-order valence-corrected chi connectivity index (χ0v) is 13.3. The molecule has 26 heavy (non-hydrogen) atoms. The van der Waals surface area contributed by atoms with Crippen LogP contribution in [0.25, 0.3) is 6.08 Å². The van der Waals surface area contributed by atoms with Gasteiger partial charge in [0.05, 0.1) is 4.92 Å². The predicted molar refractivity (Wildman–Crippen MR) is 90.3 cm³/mol. The van der Waals surface area contributed by atoms with Gasteiger partial charge in [-0.3, -0.25) is 30.6 Å². The van der Waals surface area contributed by atoms with Crippen LogP contribution in [-0.4, -0.2) is 23.5 Å². The molecule has 1 aliphatic rings. The number of carbonyl (C=O) groups is 2. The molecule has 0 aliphatic carbocycles. The molecule has 2 amide bonds. The number of hydrogen-bond donors (Lipinski definition) is 2. The highest BCUT2D eigenvalue weighted by Gasteiger charge is 2.13. The number of nitro groups is 1. The van der Waals surface area contributed by atoms with Crippen LogP contribution in [0.15, 0.2) is 48.5 Å². The van der Waals surface area contributed by atoms with Gasteiger partial charge in [-0.25, -0.2) is 0 Å². The maximum atomic E-state index is 11.9. The van der Waals surface area contributed by atoms with Crippen molar-refractivity contribution in [1.29, 1.82) is 0 Å². The van der Waals surface area contributed by atoms with Gasteiger partial charge in [0, 0.05) is 23.8 Å². The summed E-state index contributed by atoms with van der Waals surface area (Å²) in [4.78, 5) is 33.8. The summed E-state index contributed by atoms with van der Waals surface area (Å²) in [5, 5.41) is 10.7. The van der Waals surface area contributed by atoms with Crippen LogP contribution in [0, 0.1) is 10.1 Å². The number of amides is 2. The van der Waals surface area contributed by atoms with E-state index in [0.29, 0.717) is 11.5 Å². The van der Waals surface area contributed by atoms with Crippen molar-refractivity contribution in [3.8, 4) is 11.5 Å². The molecule has 0 aromatic heterocycles. The number of nitrogens with zero attached hydrogens (tertiary/aromatic N) is 1. The lowest BCUT2D eigenvalue weighted by Gasteiger charge is -2.05. The molecule has 0 spiro atoms. The highest BCUT2D eigenvalue weighted by Crippen LogP contribution is 2.32. The topological polar surface area (TPSA) is 120 Å². The molecule has 0 unspecified atom stereocenters. The monoisotopic (exact) mass is 355 g/mol. The van der Waals surface area contributed by atoms with Crippen molar-refractivity contribution >= 4 is 23.6 Å². The second-order valence-electron chi connectivity index (χ2n) is 5.20. The fourth-order valence-electron chi connectivity index (χ4n) is 2.18. The average Bonchev–Trinajstić information content (AvgIpc) is 3.12. The Morgan fingerprint density at radius 2 is 1.88 bits per heavy atom. The zero-order valence-electron chi connectivity index (χ0n) is 13.3. The van der Waals surface area contributed by atoms with E-state index in [1.54, 1.807) is 18.2 Å². The van der Waals surface area contributed by atoms with E-state index in [9.17, 15) is 19.7 Å². The molecule has 1 heterocycles. The number of hydrazine groups is 1. The van der Waals surface area contributed by atoms with Gasteiger partial charge in [-0.1, -0.05) is 12.1 Å². The summed E-state index contributed by atoms with van der Waals surface area (Å²) >= 11 is 0. The number of fused-ring (bicyclic) bond motifs is 1. The number of rotatable bonds is 4. The number of ether oxygens (including phenoxy) is 2. The van der Waals surface area contributed by atoms with Gasteiger partial charge in [-0.15, -0.1) is 0 Å². The summed E-state index contributed by atoms with van der Waals surface area (Å²) in [6, 6.07) is 10.4. The Balaban J connectivity index is 1.56. The lowest BCUT2D eigenvalue weighted by atomic mass is 10.2. The van der Waals surface area contributed by atoms with Crippen molar-refractivity contribution in [2.75, 3.05) is 6.79 Å². The van der Waals surface area contributed by atoms with Crippen molar-refractivity contribution in [1.82, 2.24) is 10.9 Å². The van der Waals surface area contributed by atoms with Gasteiger partial charge in [0.2, 0.25) is 6.79 Å². The van der Waals surface area contributed by atoms with Crippen molar-refractivity contribution in [2.45, 2.75) is 0 Å². The van der Waals surface area contributed by atoms with Crippen LogP contribution in [0.1, 0.15) is 15.9 Å². The summed E-state index contributed by atoms with van der Waals surface area (Å²) in [6.07, 6.45) is 2.77. The molecule has 0 atom stereocenters. The molecule has 3 rings (SSSR count). The fraction of sp³-hybridized carbons (Fsp3) is 0.0588. The molecule has 0 radical (unpaired) electrons. The molecule has 132 valence electrons. The first-order chi connectivity index (χ1) is 12.5. The Kier molecular flexibility index (Phi) is 4.79. The van der Waals surface area contributed by atoms with Crippen molar-refractivity contribution < 1.29 is 24.0 Å². The highest BCUT2D eigenvalue weighted by atomic mass is 16.7. The minimum atomic E-state index is -0.668. The van der Waals surface area contributed by atoms with Crippen LogP contribution in [0.4, 0.5) is 5.69 Å². The lowest BCUT2D eigenvalue weighted by Crippen LogP contribution is -2.40. The van der Waals surface area contributed by atoms with E-state index in [0.717, 1.165) is 11.6 Å². The largest absolute Gasteiger partial charge is 0.454 e. The predicted octanol–water partition coefficient (Wildman–Crippen LogP) is 1.80. The van der Waals surface area contributed by atoms with E-state index in [2.05, 4.69) is 10.9 Å². The molecule has 9 nitrogen and oxygen atoms in total. The van der Waals surface area contributed by atoms with E-state index in [1.165, 1.54) is 30.4 Å². The highest BCUT2D eigenvalue weighted by molar-refractivity contribution is 5.98. The normalized spacial score (nSPS) is 12.0. The average molecular weight is 355 g/mol. The molecule has 2 aromatic rings. The van der Waals surface area contributed by atoms with Gasteiger partial charge in [0.1, 0.15) is 0 Å². The van der Waals surface area contributed by atoms with E-state index < -0.39 is 16.7 Å². The minimum absolute atomic E-state index is 0.0549. The van der Waals surface area contributed by atoms with Crippen LogP contribution >= 0.6 is 0 Å². The first-order valence-corrected chi connectivity index (χ1v) is 7.45. The van der Waals surface area contributed by atoms with Gasteiger partial charge in [0.25, 0.3) is 17.5 Å². The third kappa shape index (κ3) is 3.96. The fourth-order valence-corrected chi connectivity index (χ4v) is 2.18. The Morgan fingerprint density at radius 1 is 1.08 bits per heavy atom. The number of hydrogen-bond acceptors (Lipinski definition) is 6. The first-order valence-electron chi connectivity index (χ1n) is 7.45. The van der Waals surface area contributed by atoms with Crippen LogP contribution in [0.5, 0.6) is 11.5 Å². The van der Waals surface area contributed by atoms with Gasteiger partial charge >= 0.3 is 0 Å². The van der Waals surface area contributed by atoms with E-state index in [1.807, 2.05) is 0 Å². The Bertz CT molecular complexity index is 909. The minimum Gasteiger partial charge on any atom is -0.454 e. The molecular weight excluding hydrogens is 342 g/mol. The molecular formula is C17H13N3O6. The Morgan fingerprint density at radius 3 is 2.69 bits per heavy atom. The number of non-ortho nitro benzene ring substituents is 1. The SMILES string of the molecule is O=C(/C=C/c1ccc2c(c1)OCO2)NNC(=O)c1cccc([N+](=O)[O-])c1. The number of carbonyl (C=O) groups excluding carboxylic acids is 2. The van der Waals surface area contributed by atoms with Crippen molar-refractivity contribution in [3.63, 3.8) is 0 Å². The van der Waals surface area contributed by atoms with Crippen LogP contribution < -0.4 is 20.3 Å². The summed E-state index contributed by atoms with van der Waals surface area (Å²) in [5.41, 5.74) is 4.94. The first kappa shape index (κ1) is 17.0. The Labute approximate surface area is 147 Å². The number of benzene rings is 2. The summed E-state index contributed by atoms with van der Waals surface area (Å²) in [5.74, 6) is -0.0117. The molecule has 0 bridgehead atoms. The maximum absolute atomic E-state index is 11.9. The third-order valence-corrected chi connectivity index (χ3v) is 3.44. The molecule has 0 fully saturated rings. The van der Waals surface area contributed by atoms with E-state index >= 15 is 0 Å². The van der Waals surface area contributed by atoms with E-state index in [-0.39, 0.29) is 18.0 Å². The zero-order chi connectivity index (χ0) is 18.5. The number of nitrogens with one attached hydrogen (secondary N) is 2. The van der Waals surface area contributed by atoms with Gasteiger partial charge in [-0.05, 0) is 29.8 Å². The molecule has 0 saturated heterocycles. The molecule has 9 heteroatoms. The van der Waals surface area contributed by atoms with Crippen LogP contribution in [-0.2, 0) is 4.79 Å². The second-order valence-corrected chi connectivity index (χ2v) is 5.20. The Hall–Kier alpha value is -3.88. The van der Waals surface area contributed by atoms with Crippen molar-refractivity contribution in [3.05, 3.63) is 69.8 Å². The van der Waals surface area contributed by atoms with Crippen LogP contribution in [0.3, 0.4) is 0 Å². The summed E-state index contributed by atoms with van der Waals surface area (Å²) in [7, 11) is 0. The summed E-state index contributed by atoms with van der Waals surface area (Å²) in [6.45, 7) is 0.159. The second kappa shape index (κ2) is 7.34. The quantitative estimate of drug-likeness (QED) is 0.490. The van der Waals surface area contributed by atoms with Crippen molar-refractivity contribution in [2.24, 2.45) is 0 Å². The summed E-state index contributed by atoms with van der Waals surface area (Å²) < 4.78 is 10.4. The van der Waals surface area contributed by atoms with Crippen LogP contribution in [0.2, 0.25) is 0 Å². The number of nitro benzene ring substituents is 1.